The Hall–Kier alpha value is -1.55. The normalized spacial score (nSPS) is 17.9. The van der Waals surface area contributed by atoms with Gasteiger partial charge in [-0.05, 0) is 30.9 Å². The highest BCUT2D eigenvalue weighted by Crippen LogP contribution is 2.29. The van der Waals surface area contributed by atoms with Crippen molar-refractivity contribution in [3.63, 3.8) is 0 Å². The predicted octanol–water partition coefficient (Wildman–Crippen LogP) is 2.30. The molecule has 1 heterocycles. The highest BCUT2D eigenvalue weighted by Gasteiger charge is 2.28. The lowest BCUT2D eigenvalue weighted by Crippen LogP contribution is -2.39. The standard InChI is InChI=1S/C16H23NO3/c18-10-6-2-1-5-9-17-12-14(16(19)20)11-13-7-3-4-8-15(13)17/h3-4,7-8,14,18H,1-2,5-6,9-12H2,(H,19,20). The number of benzene rings is 1. The molecule has 1 aromatic rings. The lowest BCUT2D eigenvalue weighted by Gasteiger charge is -2.34. The number of anilines is 1. The van der Waals surface area contributed by atoms with E-state index in [4.69, 9.17) is 5.11 Å². The second kappa shape index (κ2) is 7.29. The first-order chi connectivity index (χ1) is 9.72. The monoisotopic (exact) mass is 277 g/mol. The molecule has 0 aliphatic carbocycles. The van der Waals surface area contributed by atoms with Gasteiger partial charge in [0.25, 0.3) is 0 Å². The molecule has 0 spiro atoms. The smallest absolute Gasteiger partial charge is 0.308 e. The number of hydrogen-bond donors (Lipinski definition) is 2. The van der Waals surface area contributed by atoms with Crippen molar-refractivity contribution in [1.29, 1.82) is 0 Å². The fourth-order valence-corrected chi connectivity index (χ4v) is 2.83. The van der Waals surface area contributed by atoms with Crippen LogP contribution in [0.5, 0.6) is 0 Å². The summed E-state index contributed by atoms with van der Waals surface area (Å²) in [6, 6.07) is 8.10. The van der Waals surface area contributed by atoms with Crippen LogP contribution in [0.25, 0.3) is 0 Å². The number of carbonyl (C=O) groups is 1. The Morgan fingerprint density at radius 3 is 2.70 bits per heavy atom. The summed E-state index contributed by atoms with van der Waals surface area (Å²) < 4.78 is 0. The van der Waals surface area contributed by atoms with E-state index in [9.17, 15) is 9.90 Å². The average Bonchev–Trinajstić information content (AvgIpc) is 2.46. The molecule has 4 heteroatoms. The molecule has 0 amide bonds. The van der Waals surface area contributed by atoms with Gasteiger partial charge in [-0.1, -0.05) is 31.0 Å². The summed E-state index contributed by atoms with van der Waals surface area (Å²) in [4.78, 5) is 13.5. The van der Waals surface area contributed by atoms with E-state index in [-0.39, 0.29) is 12.5 Å². The number of aliphatic hydroxyl groups excluding tert-OH is 1. The summed E-state index contributed by atoms with van der Waals surface area (Å²) in [5.41, 5.74) is 2.33. The van der Waals surface area contributed by atoms with Gasteiger partial charge in [-0.25, -0.2) is 0 Å². The summed E-state index contributed by atoms with van der Waals surface area (Å²) in [5.74, 6) is -1.01. The van der Waals surface area contributed by atoms with Crippen LogP contribution in [0.1, 0.15) is 31.2 Å². The molecule has 0 fully saturated rings. The zero-order valence-electron chi connectivity index (χ0n) is 11.8. The minimum absolute atomic E-state index is 0.258. The van der Waals surface area contributed by atoms with E-state index >= 15 is 0 Å². The third kappa shape index (κ3) is 3.73. The zero-order valence-corrected chi connectivity index (χ0v) is 11.8. The Bertz CT molecular complexity index is 447. The third-order valence-corrected chi connectivity index (χ3v) is 3.92. The van der Waals surface area contributed by atoms with Crippen LogP contribution in [0.2, 0.25) is 0 Å². The number of fused-ring (bicyclic) bond motifs is 1. The van der Waals surface area contributed by atoms with Gasteiger partial charge in [-0.2, -0.15) is 0 Å². The largest absolute Gasteiger partial charge is 0.481 e. The van der Waals surface area contributed by atoms with Gasteiger partial charge in [0.05, 0.1) is 5.92 Å². The van der Waals surface area contributed by atoms with Crippen molar-refractivity contribution in [3.8, 4) is 0 Å². The van der Waals surface area contributed by atoms with Crippen molar-refractivity contribution in [2.24, 2.45) is 5.92 Å². The van der Waals surface area contributed by atoms with Crippen LogP contribution in [0, 0.1) is 5.92 Å². The van der Waals surface area contributed by atoms with Crippen LogP contribution in [0.3, 0.4) is 0 Å². The maximum Gasteiger partial charge on any atom is 0.308 e. The molecule has 0 aromatic heterocycles. The second-order valence-electron chi connectivity index (χ2n) is 5.45. The molecule has 1 aromatic carbocycles. The first-order valence-corrected chi connectivity index (χ1v) is 7.39. The van der Waals surface area contributed by atoms with Gasteiger partial charge in [0.15, 0.2) is 0 Å². The van der Waals surface area contributed by atoms with Gasteiger partial charge in [0, 0.05) is 25.4 Å². The maximum atomic E-state index is 11.3. The molecule has 4 nitrogen and oxygen atoms in total. The molecule has 1 aliphatic rings. The lowest BCUT2D eigenvalue weighted by atomic mass is 9.92. The van der Waals surface area contributed by atoms with E-state index in [0.717, 1.165) is 37.8 Å². The van der Waals surface area contributed by atoms with Crippen molar-refractivity contribution < 1.29 is 15.0 Å². The average molecular weight is 277 g/mol. The van der Waals surface area contributed by atoms with Crippen molar-refractivity contribution >= 4 is 11.7 Å². The quantitative estimate of drug-likeness (QED) is 0.751. The molecule has 0 saturated heterocycles. The van der Waals surface area contributed by atoms with E-state index in [0.29, 0.717) is 13.0 Å². The molecule has 1 atom stereocenters. The number of hydrogen-bond acceptors (Lipinski definition) is 3. The summed E-state index contributed by atoms with van der Waals surface area (Å²) in [7, 11) is 0. The van der Waals surface area contributed by atoms with Crippen molar-refractivity contribution in [2.75, 3.05) is 24.6 Å². The number of nitrogens with zero attached hydrogens (tertiary/aromatic N) is 1. The van der Waals surface area contributed by atoms with Crippen LogP contribution in [-0.2, 0) is 11.2 Å². The molecule has 0 saturated carbocycles. The highest BCUT2D eigenvalue weighted by molar-refractivity contribution is 5.73. The number of carboxylic acids is 1. The number of para-hydroxylation sites is 1. The van der Waals surface area contributed by atoms with E-state index in [1.807, 2.05) is 18.2 Å². The molecular formula is C16H23NO3. The lowest BCUT2D eigenvalue weighted by molar-refractivity contribution is -0.141. The first-order valence-electron chi connectivity index (χ1n) is 7.39. The van der Waals surface area contributed by atoms with Crippen LogP contribution in [0.4, 0.5) is 5.69 Å². The molecule has 1 unspecified atom stereocenters. The summed E-state index contributed by atoms with van der Waals surface area (Å²) in [6.45, 7) is 1.76. The fraction of sp³-hybridized carbons (Fsp3) is 0.562. The number of rotatable bonds is 7. The number of aliphatic hydroxyl groups is 1. The van der Waals surface area contributed by atoms with Crippen molar-refractivity contribution in [2.45, 2.75) is 32.1 Å². The molecule has 20 heavy (non-hydrogen) atoms. The first kappa shape index (κ1) is 14.9. The number of aliphatic carboxylic acids is 1. The molecule has 0 radical (unpaired) electrons. The van der Waals surface area contributed by atoms with Gasteiger partial charge < -0.3 is 15.1 Å². The number of unbranched alkanes of at least 4 members (excludes halogenated alkanes) is 3. The van der Waals surface area contributed by atoms with Gasteiger partial charge in [-0.3, -0.25) is 4.79 Å². The summed E-state index contributed by atoms with van der Waals surface area (Å²) in [6.07, 6.45) is 4.65. The number of carboxylic acid groups (broad SMARTS) is 1. The SMILES string of the molecule is O=C(O)C1Cc2ccccc2N(CCCCCCO)C1. The highest BCUT2D eigenvalue weighted by atomic mass is 16.4. The maximum absolute atomic E-state index is 11.3. The van der Waals surface area contributed by atoms with Crippen molar-refractivity contribution in [3.05, 3.63) is 29.8 Å². The summed E-state index contributed by atoms with van der Waals surface area (Å²) >= 11 is 0. The predicted molar refractivity (Wildman–Crippen MR) is 79.0 cm³/mol. The minimum Gasteiger partial charge on any atom is -0.481 e. The zero-order chi connectivity index (χ0) is 14.4. The van der Waals surface area contributed by atoms with E-state index in [2.05, 4.69) is 11.0 Å². The molecule has 0 bridgehead atoms. The van der Waals surface area contributed by atoms with Crippen LogP contribution >= 0.6 is 0 Å². The molecule has 1 aliphatic heterocycles. The second-order valence-corrected chi connectivity index (χ2v) is 5.45. The third-order valence-electron chi connectivity index (χ3n) is 3.92. The van der Waals surface area contributed by atoms with Crippen LogP contribution in [0.15, 0.2) is 24.3 Å². The van der Waals surface area contributed by atoms with Gasteiger partial charge in [0.1, 0.15) is 0 Å². The van der Waals surface area contributed by atoms with Gasteiger partial charge in [0.2, 0.25) is 0 Å². The molecular weight excluding hydrogens is 254 g/mol. The Labute approximate surface area is 120 Å². The topological polar surface area (TPSA) is 60.8 Å². The fourth-order valence-electron chi connectivity index (χ4n) is 2.83. The van der Waals surface area contributed by atoms with E-state index < -0.39 is 5.97 Å². The van der Waals surface area contributed by atoms with Gasteiger partial charge in [-0.15, -0.1) is 0 Å². The van der Waals surface area contributed by atoms with Crippen LogP contribution < -0.4 is 4.90 Å². The van der Waals surface area contributed by atoms with Crippen LogP contribution in [-0.4, -0.2) is 35.9 Å². The molecule has 110 valence electrons. The molecule has 2 rings (SSSR count). The Morgan fingerprint density at radius 1 is 1.20 bits per heavy atom. The summed E-state index contributed by atoms with van der Waals surface area (Å²) in [5, 5.41) is 18.0. The Balaban J connectivity index is 1.97. The Morgan fingerprint density at radius 2 is 1.95 bits per heavy atom. The van der Waals surface area contributed by atoms with Crippen molar-refractivity contribution in [1.82, 2.24) is 0 Å². The Kier molecular flexibility index (Phi) is 5.41. The van der Waals surface area contributed by atoms with E-state index in [1.54, 1.807) is 0 Å². The van der Waals surface area contributed by atoms with Gasteiger partial charge >= 0.3 is 5.97 Å². The van der Waals surface area contributed by atoms with E-state index in [1.165, 1.54) is 5.69 Å². The molecule has 2 N–H and O–H groups in total. The minimum atomic E-state index is -0.704.